The molecule has 1 amide bonds. The number of hydrogen-bond donors (Lipinski definition) is 1. The number of hydrogen-bond acceptors (Lipinski definition) is 3. The third-order valence-electron chi connectivity index (χ3n) is 3.39. The number of carbonyl (C=O) groups excluding carboxylic acids is 1. The Morgan fingerprint density at radius 1 is 1.18 bits per heavy atom. The number of aryl methyl sites for hydroxylation is 1. The number of nitrogens with zero attached hydrogens (tertiary/aromatic N) is 1. The first kappa shape index (κ1) is 15.6. The summed E-state index contributed by atoms with van der Waals surface area (Å²) in [5, 5.41) is 11.6. The summed E-state index contributed by atoms with van der Waals surface area (Å²) >= 11 is 0. The number of para-hydroxylation sites is 1. The van der Waals surface area contributed by atoms with Crippen molar-refractivity contribution < 1.29 is 9.53 Å². The van der Waals surface area contributed by atoms with Gasteiger partial charge in [0.2, 0.25) is 5.91 Å². The second-order valence-electron chi connectivity index (χ2n) is 4.90. The summed E-state index contributed by atoms with van der Waals surface area (Å²) in [7, 11) is 1.62. The van der Waals surface area contributed by atoms with Gasteiger partial charge in [-0.25, -0.2) is 0 Å². The Labute approximate surface area is 130 Å². The fourth-order valence-electron chi connectivity index (χ4n) is 2.14. The van der Waals surface area contributed by atoms with Crippen molar-refractivity contribution in [1.82, 2.24) is 5.32 Å². The molecule has 0 atom stereocenters. The molecule has 2 rings (SSSR count). The van der Waals surface area contributed by atoms with E-state index in [2.05, 4.69) is 11.4 Å². The molecule has 0 aromatic heterocycles. The second kappa shape index (κ2) is 7.84. The summed E-state index contributed by atoms with van der Waals surface area (Å²) in [6.07, 6.45) is 1.07. The van der Waals surface area contributed by atoms with Crippen molar-refractivity contribution in [3.63, 3.8) is 0 Å². The van der Waals surface area contributed by atoms with Crippen molar-refractivity contribution in [2.24, 2.45) is 0 Å². The molecule has 0 heterocycles. The molecule has 0 aliphatic heterocycles. The number of carbonyl (C=O) groups is 1. The van der Waals surface area contributed by atoms with Gasteiger partial charge in [-0.05, 0) is 30.2 Å². The lowest BCUT2D eigenvalue weighted by Crippen LogP contribution is -2.23. The molecule has 4 heteroatoms. The molecule has 0 saturated carbocycles. The van der Waals surface area contributed by atoms with Gasteiger partial charge in [-0.15, -0.1) is 0 Å². The van der Waals surface area contributed by atoms with Crippen molar-refractivity contribution in [3.8, 4) is 11.8 Å². The maximum Gasteiger partial charge on any atom is 0.220 e. The lowest BCUT2D eigenvalue weighted by molar-refractivity contribution is -0.121. The van der Waals surface area contributed by atoms with Gasteiger partial charge < -0.3 is 10.1 Å². The minimum Gasteiger partial charge on any atom is -0.496 e. The lowest BCUT2D eigenvalue weighted by atomic mass is 10.1. The minimum atomic E-state index is -0.00438. The van der Waals surface area contributed by atoms with Gasteiger partial charge in [-0.3, -0.25) is 4.79 Å². The number of nitrogens with one attached hydrogen (secondary N) is 1. The predicted octanol–water partition coefficient (Wildman–Crippen LogP) is 2.82. The summed E-state index contributed by atoms with van der Waals surface area (Å²) in [5.41, 5.74) is 2.63. The van der Waals surface area contributed by atoms with E-state index in [1.165, 1.54) is 0 Å². The van der Waals surface area contributed by atoms with Crippen LogP contribution >= 0.6 is 0 Å². The zero-order valence-electron chi connectivity index (χ0n) is 12.5. The fourth-order valence-corrected chi connectivity index (χ4v) is 2.14. The second-order valence-corrected chi connectivity index (χ2v) is 4.90. The van der Waals surface area contributed by atoms with Crippen molar-refractivity contribution in [3.05, 3.63) is 65.2 Å². The standard InChI is InChI=1S/C18H18N2O2/c1-22-17-5-3-2-4-16(17)13-20-18(21)11-10-14-6-8-15(12-19)9-7-14/h2-9H,10-11,13H2,1H3,(H,20,21). The van der Waals surface area contributed by atoms with Crippen LogP contribution in [0.1, 0.15) is 23.1 Å². The van der Waals surface area contributed by atoms with Crippen molar-refractivity contribution in [1.29, 1.82) is 5.26 Å². The molecule has 0 spiro atoms. The van der Waals surface area contributed by atoms with Gasteiger partial charge in [-0.2, -0.15) is 5.26 Å². The van der Waals surface area contributed by atoms with E-state index in [4.69, 9.17) is 10.00 Å². The zero-order valence-corrected chi connectivity index (χ0v) is 12.5. The van der Waals surface area contributed by atoms with Crippen LogP contribution in [0, 0.1) is 11.3 Å². The van der Waals surface area contributed by atoms with Gasteiger partial charge in [0.05, 0.1) is 18.7 Å². The number of methoxy groups -OCH3 is 1. The van der Waals surface area contributed by atoms with Crippen LogP contribution in [0.2, 0.25) is 0 Å². The molecule has 112 valence electrons. The van der Waals surface area contributed by atoms with Crippen LogP contribution in [0.25, 0.3) is 0 Å². The van der Waals surface area contributed by atoms with E-state index in [1.807, 2.05) is 36.4 Å². The molecule has 4 nitrogen and oxygen atoms in total. The molecule has 0 fully saturated rings. The van der Waals surface area contributed by atoms with Gasteiger partial charge in [0.1, 0.15) is 5.75 Å². The van der Waals surface area contributed by atoms with Gasteiger partial charge in [0.15, 0.2) is 0 Å². The normalized spacial score (nSPS) is 9.82. The SMILES string of the molecule is COc1ccccc1CNC(=O)CCc1ccc(C#N)cc1. The third-order valence-corrected chi connectivity index (χ3v) is 3.39. The maximum atomic E-state index is 11.9. The summed E-state index contributed by atoms with van der Waals surface area (Å²) in [5.74, 6) is 0.769. The number of amides is 1. The third kappa shape index (κ3) is 4.35. The van der Waals surface area contributed by atoms with Gasteiger partial charge in [0.25, 0.3) is 0 Å². The minimum absolute atomic E-state index is 0.00438. The van der Waals surface area contributed by atoms with E-state index in [0.717, 1.165) is 16.9 Å². The largest absolute Gasteiger partial charge is 0.496 e. The topological polar surface area (TPSA) is 62.1 Å². The molecule has 2 aromatic carbocycles. The molecule has 0 aliphatic carbocycles. The van der Waals surface area contributed by atoms with Crippen LogP contribution < -0.4 is 10.1 Å². The van der Waals surface area contributed by atoms with Crippen LogP contribution in [0.4, 0.5) is 0 Å². The highest BCUT2D eigenvalue weighted by molar-refractivity contribution is 5.76. The summed E-state index contributed by atoms with van der Waals surface area (Å²) in [4.78, 5) is 11.9. The van der Waals surface area contributed by atoms with E-state index >= 15 is 0 Å². The fraction of sp³-hybridized carbons (Fsp3) is 0.222. The van der Waals surface area contributed by atoms with E-state index in [-0.39, 0.29) is 5.91 Å². The highest BCUT2D eigenvalue weighted by atomic mass is 16.5. The number of nitriles is 1. The van der Waals surface area contributed by atoms with Crippen LogP contribution in [0.3, 0.4) is 0 Å². The smallest absolute Gasteiger partial charge is 0.220 e. The Hall–Kier alpha value is -2.80. The first-order valence-electron chi connectivity index (χ1n) is 7.10. The Morgan fingerprint density at radius 2 is 1.91 bits per heavy atom. The number of rotatable bonds is 6. The van der Waals surface area contributed by atoms with E-state index in [9.17, 15) is 4.79 Å². The average Bonchev–Trinajstić information content (AvgIpc) is 2.58. The predicted molar refractivity (Wildman–Crippen MR) is 84.3 cm³/mol. The number of benzene rings is 2. The van der Waals surface area contributed by atoms with Crippen LogP contribution in [-0.2, 0) is 17.8 Å². The lowest BCUT2D eigenvalue weighted by Gasteiger charge is -2.09. The summed E-state index contributed by atoms with van der Waals surface area (Å²) in [6, 6.07) is 17.0. The Kier molecular flexibility index (Phi) is 5.56. The van der Waals surface area contributed by atoms with Crippen molar-refractivity contribution >= 4 is 5.91 Å². The molecule has 22 heavy (non-hydrogen) atoms. The monoisotopic (exact) mass is 294 g/mol. The highest BCUT2D eigenvalue weighted by Gasteiger charge is 2.05. The van der Waals surface area contributed by atoms with E-state index in [1.54, 1.807) is 19.2 Å². The Morgan fingerprint density at radius 3 is 2.59 bits per heavy atom. The Balaban J connectivity index is 1.81. The summed E-state index contributed by atoms with van der Waals surface area (Å²) in [6.45, 7) is 0.455. The molecule has 2 aromatic rings. The van der Waals surface area contributed by atoms with Gasteiger partial charge in [0, 0.05) is 18.5 Å². The molecule has 1 N–H and O–H groups in total. The Bertz CT molecular complexity index is 672. The molecule has 0 saturated heterocycles. The quantitative estimate of drug-likeness (QED) is 0.891. The first-order valence-corrected chi connectivity index (χ1v) is 7.10. The summed E-state index contributed by atoms with van der Waals surface area (Å²) < 4.78 is 5.25. The number of ether oxygens (including phenoxy) is 1. The zero-order chi connectivity index (χ0) is 15.8. The molecular weight excluding hydrogens is 276 g/mol. The molecule has 0 unspecified atom stereocenters. The first-order chi connectivity index (χ1) is 10.7. The van der Waals surface area contributed by atoms with Gasteiger partial charge >= 0.3 is 0 Å². The van der Waals surface area contributed by atoms with Crippen LogP contribution in [0.5, 0.6) is 5.75 Å². The van der Waals surface area contributed by atoms with Crippen LogP contribution in [0.15, 0.2) is 48.5 Å². The molecular formula is C18H18N2O2. The maximum absolute atomic E-state index is 11.9. The highest BCUT2D eigenvalue weighted by Crippen LogP contribution is 2.16. The molecule has 0 bridgehead atoms. The van der Waals surface area contributed by atoms with E-state index < -0.39 is 0 Å². The molecule has 0 radical (unpaired) electrons. The van der Waals surface area contributed by atoms with Crippen molar-refractivity contribution in [2.45, 2.75) is 19.4 Å². The molecule has 0 aliphatic rings. The average molecular weight is 294 g/mol. The van der Waals surface area contributed by atoms with Gasteiger partial charge in [-0.1, -0.05) is 30.3 Å². The van der Waals surface area contributed by atoms with Crippen molar-refractivity contribution in [2.75, 3.05) is 7.11 Å². The van der Waals surface area contributed by atoms with E-state index in [0.29, 0.717) is 24.9 Å². The van der Waals surface area contributed by atoms with Crippen LogP contribution in [-0.4, -0.2) is 13.0 Å².